The van der Waals surface area contributed by atoms with Crippen LogP contribution in [0.2, 0.25) is 0 Å². The minimum absolute atomic E-state index is 0.139. The van der Waals surface area contributed by atoms with E-state index >= 15 is 0 Å². The summed E-state index contributed by atoms with van der Waals surface area (Å²) in [5.41, 5.74) is 2.98. The van der Waals surface area contributed by atoms with E-state index < -0.39 is 22.9 Å². The maximum Gasteiger partial charge on any atom is 0.251 e. The van der Waals surface area contributed by atoms with Crippen LogP contribution in [0.5, 0.6) is 0 Å². The Hall–Kier alpha value is -2.30. The van der Waals surface area contributed by atoms with Gasteiger partial charge in [-0.15, -0.1) is 10.8 Å². The minimum atomic E-state index is -2.92. The molecule has 1 heterocycles. The number of β-amino-alcohol motifs (C(OH)–C–C–N with tert-alkyl or cyclic N) is 1. The lowest BCUT2D eigenvalue weighted by Gasteiger charge is -2.47. The highest BCUT2D eigenvalue weighted by atomic mass is 32.3. The molecule has 1 saturated heterocycles. The van der Waals surface area contributed by atoms with Gasteiger partial charge in [-0.2, -0.15) is 0 Å². The molecule has 2 aliphatic carbocycles. The quantitative estimate of drug-likeness (QED) is 0.230. The van der Waals surface area contributed by atoms with E-state index in [1.807, 2.05) is 43.3 Å². The van der Waals surface area contributed by atoms with Gasteiger partial charge in [0.15, 0.2) is 0 Å². The summed E-state index contributed by atoms with van der Waals surface area (Å²) in [5, 5.41) is 21.4. The summed E-state index contributed by atoms with van der Waals surface area (Å²) in [6.07, 6.45) is 7.43. The van der Waals surface area contributed by atoms with E-state index in [9.17, 15) is 19.0 Å². The van der Waals surface area contributed by atoms with Gasteiger partial charge in [0.2, 0.25) is 0 Å². The SMILES string of the molecule is CCNc1cc(C(=O)N[C@@H](Cc2ccccc2)[C@@H](O)CNC23CCC(CC2)C3)cc(N2CCCCS2(O)O)c1. The first-order valence-electron chi connectivity index (χ1n) is 14.5. The van der Waals surface area contributed by atoms with Gasteiger partial charge < -0.3 is 21.1 Å². The molecule has 2 aromatic rings. The van der Waals surface area contributed by atoms with Crippen LogP contribution >= 0.6 is 10.8 Å². The Morgan fingerprint density at radius 3 is 2.56 bits per heavy atom. The molecular formula is C30H44N4O4S. The lowest BCUT2D eigenvalue weighted by Crippen LogP contribution is -2.52. The molecule has 3 aliphatic rings. The minimum Gasteiger partial charge on any atom is -0.390 e. The largest absolute Gasteiger partial charge is 0.390 e. The topological polar surface area (TPSA) is 117 Å². The first-order chi connectivity index (χ1) is 18.8. The Kier molecular flexibility index (Phi) is 8.73. The van der Waals surface area contributed by atoms with Crippen molar-refractivity contribution in [3.05, 3.63) is 59.7 Å². The summed E-state index contributed by atoms with van der Waals surface area (Å²) in [6, 6.07) is 14.8. The number of hydrogen-bond donors (Lipinski definition) is 6. The fourth-order valence-electron chi connectivity index (χ4n) is 6.60. The zero-order valence-electron chi connectivity index (χ0n) is 22.9. The van der Waals surface area contributed by atoms with Crippen LogP contribution in [-0.4, -0.2) is 63.2 Å². The number of nitrogens with one attached hydrogen (secondary N) is 3. The monoisotopic (exact) mass is 556 g/mol. The summed E-state index contributed by atoms with van der Waals surface area (Å²) < 4.78 is 23.1. The van der Waals surface area contributed by atoms with Gasteiger partial charge in [0.05, 0.1) is 23.6 Å². The second-order valence-corrected chi connectivity index (χ2v) is 13.7. The predicted molar refractivity (Wildman–Crippen MR) is 160 cm³/mol. The summed E-state index contributed by atoms with van der Waals surface area (Å²) in [5.74, 6) is 0.857. The van der Waals surface area contributed by atoms with Gasteiger partial charge in [-0.25, -0.2) is 0 Å². The van der Waals surface area contributed by atoms with Crippen molar-refractivity contribution in [2.75, 3.05) is 35.0 Å². The molecule has 0 unspecified atom stereocenters. The predicted octanol–water partition coefficient (Wildman–Crippen LogP) is 5.01. The Labute approximate surface area is 234 Å². The summed E-state index contributed by atoms with van der Waals surface area (Å²) in [4.78, 5) is 13.7. The van der Waals surface area contributed by atoms with Gasteiger partial charge in [-0.05, 0) is 88.0 Å². The molecule has 0 radical (unpaired) electrons. The van der Waals surface area contributed by atoms with Gasteiger partial charge in [0.1, 0.15) is 0 Å². The highest BCUT2D eigenvalue weighted by Crippen LogP contribution is 2.50. The number of amides is 1. The molecule has 1 amide bonds. The van der Waals surface area contributed by atoms with Crippen molar-refractivity contribution < 1.29 is 19.0 Å². The zero-order valence-corrected chi connectivity index (χ0v) is 23.8. The molecule has 0 aromatic heterocycles. The van der Waals surface area contributed by atoms with Gasteiger partial charge >= 0.3 is 0 Å². The number of anilines is 2. The third-order valence-corrected chi connectivity index (χ3v) is 10.7. The molecule has 39 heavy (non-hydrogen) atoms. The summed E-state index contributed by atoms with van der Waals surface area (Å²) in [7, 11) is -2.92. The number of hydrogen-bond acceptors (Lipinski definition) is 7. The molecular weight excluding hydrogens is 512 g/mol. The van der Waals surface area contributed by atoms with Gasteiger partial charge in [0, 0.05) is 36.4 Å². The molecule has 6 N–H and O–H groups in total. The van der Waals surface area contributed by atoms with Crippen molar-refractivity contribution in [2.45, 2.75) is 76.0 Å². The number of rotatable bonds is 11. The molecule has 2 atom stereocenters. The Morgan fingerprint density at radius 1 is 1.13 bits per heavy atom. The van der Waals surface area contributed by atoms with E-state index in [4.69, 9.17) is 0 Å². The molecule has 0 spiro atoms. The molecule has 2 saturated carbocycles. The van der Waals surface area contributed by atoms with E-state index in [0.29, 0.717) is 43.1 Å². The van der Waals surface area contributed by atoms with E-state index in [1.54, 1.807) is 16.4 Å². The smallest absolute Gasteiger partial charge is 0.251 e. The Balaban J connectivity index is 1.35. The highest BCUT2D eigenvalue weighted by Gasteiger charge is 2.44. The van der Waals surface area contributed by atoms with Crippen molar-refractivity contribution in [3.63, 3.8) is 0 Å². The average Bonchev–Trinajstić information content (AvgIpc) is 3.53. The summed E-state index contributed by atoms with van der Waals surface area (Å²) in [6.45, 7) is 3.62. The lowest BCUT2D eigenvalue weighted by molar-refractivity contribution is 0.0808. The fourth-order valence-corrected chi connectivity index (χ4v) is 8.28. The maximum absolute atomic E-state index is 13.7. The van der Waals surface area contributed by atoms with Crippen molar-refractivity contribution in [1.82, 2.24) is 10.6 Å². The number of aliphatic hydroxyl groups excluding tert-OH is 1. The standard InChI is InChI=1S/C30H44N4O4S/c1-2-31-25-17-24(18-26(19-25)34-14-6-7-15-39(34,37)38)29(36)33-27(16-22-8-4-3-5-9-22)28(35)21-32-30-12-10-23(20-30)11-13-30/h3-5,8-9,17-19,23,27-28,31-32,35,37-38H,2,6-7,10-16,20-21H2,1H3,(H,33,36)/t23?,27-,28-,30?/m0/s1. The van der Waals surface area contributed by atoms with Gasteiger partial charge in [0.25, 0.3) is 5.91 Å². The van der Waals surface area contributed by atoms with E-state index in [2.05, 4.69) is 16.0 Å². The van der Waals surface area contributed by atoms with E-state index in [0.717, 1.165) is 42.9 Å². The molecule has 9 heteroatoms. The number of nitrogens with zero attached hydrogens (tertiary/aromatic N) is 1. The second kappa shape index (κ2) is 12.1. The third-order valence-electron chi connectivity index (χ3n) is 8.74. The number of fused-ring (bicyclic) bond motifs is 2. The van der Waals surface area contributed by atoms with Crippen molar-refractivity contribution in [1.29, 1.82) is 0 Å². The molecule has 214 valence electrons. The van der Waals surface area contributed by atoms with E-state index in [-0.39, 0.29) is 11.4 Å². The first kappa shape index (κ1) is 28.2. The number of carbonyl (C=O) groups excluding carboxylic acids is 1. The van der Waals surface area contributed by atoms with Crippen LogP contribution in [0.15, 0.2) is 48.5 Å². The molecule has 1 aliphatic heterocycles. The molecule has 2 bridgehead atoms. The lowest BCUT2D eigenvalue weighted by atomic mass is 9.93. The normalized spacial score (nSPS) is 26.2. The Bertz CT molecular complexity index is 1120. The van der Waals surface area contributed by atoms with Crippen LogP contribution in [0.3, 0.4) is 0 Å². The maximum atomic E-state index is 13.7. The van der Waals surface area contributed by atoms with Gasteiger partial charge in [-0.3, -0.25) is 18.2 Å². The first-order valence-corrected chi connectivity index (χ1v) is 16.1. The van der Waals surface area contributed by atoms with Crippen molar-refractivity contribution in [3.8, 4) is 0 Å². The Morgan fingerprint density at radius 2 is 1.90 bits per heavy atom. The highest BCUT2D eigenvalue weighted by molar-refractivity contribution is 8.25. The van der Waals surface area contributed by atoms with Crippen LogP contribution in [-0.2, 0) is 6.42 Å². The van der Waals surface area contributed by atoms with Crippen LogP contribution in [0, 0.1) is 5.92 Å². The number of aliphatic hydroxyl groups is 1. The van der Waals surface area contributed by atoms with Crippen LogP contribution in [0.4, 0.5) is 11.4 Å². The number of carbonyl (C=O) groups is 1. The second-order valence-electron chi connectivity index (χ2n) is 11.6. The van der Waals surface area contributed by atoms with Crippen LogP contribution in [0.1, 0.15) is 67.8 Å². The zero-order chi connectivity index (χ0) is 27.5. The molecule has 3 fully saturated rings. The fraction of sp³-hybridized carbons (Fsp3) is 0.567. The summed E-state index contributed by atoms with van der Waals surface area (Å²) >= 11 is 0. The third kappa shape index (κ3) is 6.72. The molecule has 8 nitrogen and oxygen atoms in total. The van der Waals surface area contributed by atoms with Crippen LogP contribution < -0.4 is 20.3 Å². The van der Waals surface area contributed by atoms with Crippen molar-refractivity contribution >= 4 is 28.1 Å². The van der Waals surface area contributed by atoms with E-state index in [1.165, 1.54) is 19.3 Å². The number of benzene rings is 2. The van der Waals surface area contributed by atoms with Gasteiger partial charge in [-0.1, -0.05) is 30.3 Å². The van der Waals surface area contributed by atoms with Crippen molar-refractivity contribution in [2.24, 2.45) is 5.92 Å². The van der Waals surface area contributed by atoms with Crippen LogP contribution in [0.25, 0.3) is 0 Å². The average molecular weight is 557 g/mol. The molecule has 5 rings (SSSR count). The molecule has 2 aromatic carbocycles.